The fourth-order valence-corrected chi connectivity index (χ4v) is 2.02. The summed E-state index contributed by atoms with van der Waals surface area (Å²) in [7, 11) is 0. The van der Waals surface area contributed by atoms with Gasteiger partial charge in [-0.15, -0.1) is 0 Å². The number of fused-ring (bicyclic) bond motifs is 1. The average molecular weight is 290 g/mol. The highest BCUT2D eigenvalue weighted by atomic mass is 16.3. The van der Waals surface area contributed by atoms with Gasteiger partial charge in [0.05, 0.1) is 0 Å². The van der Waals surface area contributed by atoms with Crippen LogP contribution >= 0.6 is 0 Å². The topological polar surface area (TPSA) is 95.7 Å². The zero-order valence-electron chi connectivity index (χ0n) is 12.0. The van der Waals surface area contributed by atoms with E-state index in [1.165, 1.54) is 10.6 Å². The first-order valence-electron chi connectivity index (χ1n) is 6.76. The molecule has 2 heterocycles. The molecule has 0 aliphatic heterocycles. The van der Waals surface area contributed by atoms with E-state index in [0.29, 0.717) is 18.7 Å². The fourth-order valence-electron chi connectivity index (χ4n) is 2.02. The Morgan fingerprint density at radius 3 is 2.90 bits per heavy atom. The van der Waals surface area contributed by atoms with E-state index < -0.39 is 17.3 Å². The van der Waals surface area contributed by atoms with Crippen molar-refractivity contribution in [1.82, 2.24) is 20.0 Å². The molecule has 7 nitrogen and oxygen atoms in total. The van der Waals surface area contributed by atoms with Gasteiger partial charge in [-0.25, -0.2) is 0 Å². The summed E-state index contributed by atoms with van der Waals surface area (Å²) in [6.45, 7) is 5.47. The van der Waals surface area contributed by atoms with Crippen molar-refractivity contribution >= 4 is 11.6 Å². The van der Waals surface area contributed by atoms with Crippen LogP contribution in [0.15, 0.2) is 23.1 Å². The van der Waals surface area contributed by atoms with E-state index in [2.05, 4.69) is 15.6 Å². The largest absolute Gasteiger partial charge is 0.493 e. The molecule has 1 amide bonds. The van der Waals surface area contributed by atoms with Crippen LogP contribution in [0.2, 0.25) is 0 Å². The number of aromatic nitrogens is 2. The molecule has 0 spiro atoms. The maximum atomic E-state index is 12.3. The third kappa shape index (κ3) is 3.03. The monoisotopic (exact) mass is 290 g/mol. The Balaban J connectivity index is 2.36. The SMILES string of the molecule is CCNCCNC(=O)c1c(O)nc2c(C)cccn2c1=O. The number of likely N-dealkylation sites (N-methyl/N-ethyl adjacent to an activating group) is 1. The number of amides is 1. The van der Waals surface area contributed by atoms with Gasteiger partial charge in [0.2, 0.25) is 5.88 Å². The molecule has 2 aromatic heterocycles. The minimum Gasteiger partial charge on any atom is -0.493 e. The average Bonchev–Trinajstić information content (AvgIpc) is 2.45. The van der Waals surface area contributed by atoms with Gasteiger partial charge in [-0.1, -0.05) is 13.0 Å². The molecular formula is C14H18N4O3. The fraction of sp³-hybridized carbons (Fsp3) is 0.357. The number of aromatic hydroxyl groups is 1. The van der Waals surface area contributed by atoms with Gasteiger partial charge in [0.1, 0.15) is 5.65 Å². The quantitative estimate of drug-likeness (QED) is 0.676. The van der Waals surface area contributed by atoms with Crippen molar-refractivity contribution in [2.45, 2.75) is 13.8 Å². The number of rotatable bonds is 5. The van der Waals surface area contributed by atoms with Crippen LogP contribution in [0, 0.1) is 6.92 Å². The summed E-state index contributed by atoms with van der Waals surface area (Å²) in [6.07, 6.45) is 1.52. The van der Waals surface area contributed by atoms with Gasteiger partial charge in [0.25, 0.3) is 11.5 Å². The van der Waals surface area contributed by atoms with E-state index >= 15 is 0 Å². The van der Waals surface area contributed by atoms with Crippen molar-refractivity contribution in [2.75, 3.05) is 19.6 Å². The Labute approximate surface area is 121 Å². The van der Waals surface area contributed by atoms with E-state index in [1.54, 1.807) is 19.1 Å². The summed E-state index contributed by atoms with van der Waals surface area (Å²) in [6, 6.07) is 3.46. The second-order valence-electron chi connectivity index (χ2n) is 4.61. The Bertz CT molecular complexity index is 724. The second-order valence-corrected chi connectivity index (χ2v) is 4.61. The van der Waals surface area contributed by atoms with Crippen molar-refractivity contribution in [3.05, 3.63) is 39.8 Å². The Hall–Kier alpha value is -2.41. The number of nitrogens with zero attached hydrogens (tertiary/aromatic N) is 2. The Morgan fingerprint density at radius 1 is 1.43 bits per heavy atom. The van der Waals surface area contributed by atoms with Crippen molar-refractivity contribution in [1.29, 1.82) is 0 Å². The molecule has 21 heavy (non-hydrogen) atoms. The molecule has 0 saturated carbocycles. The molecule has 3 N–H and O–H groups in total. The summed E-state index contributed by atoms with van der Waals surface area (Å²) >= 11 is 0. The molecule has 0 atom stereocenters. The maximum Gasteiger partial charge on any atom is 0.274 e. The molecule has 0 aliphatic rings. The molecule has 0 unspecified atom stereocenters. The number of hydrogen-bond donors (Lipinski definition) is 3. The van der Waals surface area contributed by atoms with Crippen LogP contribution in [0.5, 0.6) is 5.88 Å². The van der Waals surface area contributed by atoms with Gasteiger partial charge in [0.15, 0.2) is 5.56 Å². The lowest BCUT2D eigenvalue weighted by atomic mass is 10.2. The van der Waals surface area contributed by atoms with Crippen LogP contribution in [0.4, 0.5) is 0 Å². The van der Waals surface area contributed by atoms with Crippen LogP contribution in [0.1, 0.15) is 22.8 Å². The van der Waals surface area contributed by atoms with E-state index in [4.69, 9.17) is 0 Å². The smallest absolute Gasteiger partial charge is 0.274 e. The second kappa shape index (κ2) is 6.36. The maximum absolute atomic E-state index is 12.3. The number of carbonyl (C=O) groups excluding carboxylic acids is 1. The Morgan fingerprint density at radius 2 is 2.19 bits per heavy atom. The number of pyridine rings is 1. The highest BCUT2D eigenvalue weighted by Gasteiger charge is 2.19. The Kier molecular flexibility index (Phi) is 4.54. The van der Waals surface area contributed by atoms with E-state index in [1.807, 2.05) is 6.92 Å². The van der Waals surface area contributed by atoms with Gasteiger partial charge in [-0.05, 0) is 25.1 Å². The summed E-state index contributed by atoms with van der Waals surface area (Å²) in [5.41, 5.74) is 0.157. The van der Waals surface area contributed by atoms with Crippen LogP contribution in [0.25, 0.3) is 5.65 Å². The zero-order chi connectivity index (χ0) is 15.4. The molecule has 0 saturated heterocycles. The summed E-state index contributed by atoms with van der Waals surface area (Å²) in [5, 5.41) is 15.5. The lowest BCUT2D eigenvalue weighted by Gasteiger charge is -2.09. The van der Waals surface area contributed by atoms with E-state index in [-0.39, 0.29) is 5.56 Å². The molecule has 0 bridgehead atoms. The number of nitrogens with one attached hydrogen (secondary N) is 2. The van der Waals surface area contributed by atoms with Crippen LogP contribution < -0.4 is 16.2 Å². The molecule has 0 aromatic carbocycles. The van der Waals surface area contributed by atoms with Crippen LogP contribution in [-0.2, 0) is 0 Å². The molecule has 2 aromatic rings. The molecule has 0 aliphatic carbocycles. The third-order valence-electron chi connectivity index (χ3n) is 3.09. The van der Waals surface area contributed by atoms with Crippen molar-refractivity contribution < 1.29 is 9.90 Å². The molecule has 7 heteroatoms. The summed E-state index contributed by atoms with van der Waals surface area (Å²) in [4.78, 5) is 28.3. The van der Waals surface area contributed by atoms with Crippen LogP contribution in [-0.4, -0.2) is 40.0 Å². The lowest BCUT2D eigenvalue weighted by Crippen LogP contribution is -2.35. The normalized spacial score (nSPS) is 10.8. The lowest BCUT2D eigenvalue weighted by molar-refractivity contribution is 0.0949. The number of carbonyl (C=O) groups is 1. The van der Waals surface area contributed by atoms with Crippen molar-refractivity contribution in [2.24, 2.45) is 0 Å². The number of aryl methyl sites for hydroxylation is 1. The van der Waals surface area contributed by atoms with Gasteiger partial charge < -0.3 is 15.7 Å². The summed E-state index contributed by atoms with van der Waals surface area (Å²) < 4.78 is 1.26. The first-order valence-corrected chi connectivity index (χ1v) is 6.76. The predicted octanol–water partition coefficient (Wildman–Crippen LogP) is 0.0478. The minimum atomic E-state index is -0.626. The predicted molar refractivity (Wildman–Crippen MR) is 78.7 cm³/mol. The standard InChI is InChI=1S/C14H18N4O3/c1-3-15-6-7-16-12(19)10-13(20)17-11-9(2)5-4-8-18(11)14(10)21/h4-5,8,15,20H,3,6-7H2,1-2H3,(H,16,19). The van der Waals surface area contributed by atoms with E-state index in [9.17, 15) is 14.7 Å². The van der Waals surface area contributed by atoms with Gasteiger partial charge in [-0.2, -0.15) is 4.98 Å². The highest BCUT2D eigenvalue weighted by molar-refractivity contribution is 5.96. The van der Waals surface area contributed by atoms with E-state index in [0.717, 1.165) is 12.1 Å². The molecule has 112 valence electrons. The van der Waals surface area contributed by atoms with Gasteiger partial charge in [-0.3, -0.25) is 14.0 Å². The third-order valence-corrected chi connectivity index (χ3v) is 3.09. The van der Waals surface area contributed by atoms with Crippen LogP contribution in [0.3, 0.4) is 0 Å². The zero-order valence-corrected chi connectivity index (χ0v) is 12.0. The highest BCUT2D eigenvalue weighted by Crippen LogP contribution is 2.13. The van der Waals surface area contributed by atoms with Crippen molar-refractivity contribution in [3.8, 4) is 5.88 Å². The molecule has 0 fully saturated rings. The minimum absolute atomic E-state index is 0.337. The molecule has 0 radical (unpaired) electrons. The molecular weight excluding hydrogens is 272 g/mol. The van der Waals surface area contributed by atoms with Gasteiger partial charge in [0, 0.05) is 19.3 Å². The number of hydrogen-bond acceptors (Lipinski definition) is 5. The van der Waals surface area contributed by atoms with Crippen molar-refractivity contribution in [3.63, 3.8) is 0 Å². The first kappa shape index (κ1) is 15.0. The summed E-state index contributed by atoms with van der Waals surface area (Å²) in [5.74, 6) is -1.17. The van der Waals surface area contributed by atoms with Gasteiger partial charge >= 0.3 is 0 Å². The first-order chi connectivity index (χ1) is 10.1. The molecule has 2 rings (SSSR count).